The molecule has 2 N–H and O–H groups in total. The fourth-order valence-electron chi connectivity index (χ4n) is 3.90. The Bertz CT molecular complexity index is 962. The minimum absolute atomic E-state index is 0.145. The van der Waals surface area contributed by atoms with Gasteiger partial charge in [-0.15, -0.1) is 0 Å². The minimum atomic E-state index is -0.440. The van der Waals surface area contributed by atoms with Gasteiger partial charge in [0.2, 0.25) is 0 Å². The molecule has 3 heterocycles. The second kappa shape index (κ2) is 7.19. The third-order valence-electron chi connectivity index (χ3n) is 5.37. The molecule has 0 amide bonds. The van der Waals surface area contributed by atoms with Crippen LogP contribution in [0.1, 0.15) is 42.5 Å². The van der Waals surface area contributed by atoms with Crippen LogP contribution in [-0.4, -0.2) is 29.9 Å². The van der Waals surface area contributed by atoms with Crippen LogP contribution in [0, 0.1) is 5.82 Å². The summed E-state index contributed by atoms with van der Waals surface area (Å²) in [6, 6.07) is 4.07. The molecule has 2 aliphatic rings. The number of fused-ring (bicyclic) bond motifs is 1. The first-order valence-electron chi connectivity index (χ1n) is 9.14. The quantitative estimate of drug-likeness (QED) is 0.859. The molecular weight excluding hydrogens is 353 g/mol. The van der Waals surface area contributed by atoms with Gasteiger partial charge in [0.15, 0.2) is 0 Å². The Hall–Kier alpha value is -2.61. The number of nitrogens with zero attached hydrogens (tertiary/aromatic N) is 1. The highest BCUT2D eigenvalue weighted by Crippen LogP contribution is 2.32. The maximum absolute atomic E-state index is 14.3. The van der Waals surface area contributed by atoms with E-state index in [1.807, 2.05) is 0 Å². The van der Waals surface area contributed by atoms with Gasteiger partial charge in [-0.3, -0.25) is 14.3 Å². The Morgan fingerprint density at radius 2 is 2.00 bits per heavy atom. The zero-order valence-corrected chi connectivity index (χ0v) is 15.1. The third kappa shape index (κ3) is 3.25. The molecule has 1 aromatic carbocycles. The molecule has 4 rings (SSSR count). The van der Waals surface area contributed by atoms with Gasteiger partial charge < -0.3 is 14.8 Å². The molecule has 2 aromatic rings. The molecule has 1 unspecified atom stereocenters. The molecule has 1 saturated heterocycles. The van der Waals surface area contributed by atoms with Crippen molar-refractivity contribution >= 4 is 5.82 Å². The Balaban J connectivity index is 1.68. The number of hydrogen-bond acceptors (Lipinski definition) is 5. The van der Waals surface area contributed by atoms with Gasteiger partial charge in [-0.1, -0.05) is 0 Å². The van der Waals surface area contributed by atoms with Gasteiger partial charge in [-0.2, -0.15) is 0 Å². The molecule has 1 atom stereocenters. The van der Waals surface area contributed by atoms with Gasteiger partial charge in [0.05, 0.1) is 18.7 Å². The second-order valence-electron chi connectivity index (χ2n) is 6.93. The monoisotopic (exact) mass is 375 g/mol. The highest BCUT2D eigenvalue weighted by molar-refractivity contribution is 5.48. The molecule has 144 valence electrons. The number of methoxy groups -OCH3 is 1. The van der Waals surface area contributed by atoms with E-state index >= 15 is 0 Å². The predicted molar refractivity (Wildman–Crippen MR) is 98.0 cm³/mol. The van der Waals surface area contributed by atoms with E-state index in [-0.39, 0.29) is 23.5 Å². The van der Waals surface area contributed by atoms with Crippen LogP contribution in [-0.2, 0) is 11.2 Å². The predicted octanol–water partition coefficient (Wildman–Crippen LogP) is 2.14. The molecular formula is C19H22FN3O4. The van der Waals surface area contributed by atoms with Gasteiger partial charge in [-0.05, 0) is 43.9 Å². The van der Waals surface area contributed by atoms with Crippen LogP contribution in [0.4, 0.5) is 10.2 Å². The molecule has 8 heteroatoms. The number of H-pyrrole nitrogens is 1. The number of halogens is 1. The molecule has 1 fully saturated rings. The summed E-state index contributed by atoms with van der Waals surface area (Å²) >= 11 is 0. The molecule has 0 radical (unpaired) electrons. The van der Waals surface area contributed by atoms with Crippen LogP contribution >= 0.6 is 0 Å². The first kappa shape index (κ1) is 17.8. The van der Waals surface area contributed by atoms with Crippen molar-refractivity contribution in [2.24, 2.45) is 0 Å². The van der Waals surface area contributed by atoms with Crippen molar-refractivity contribution in [3.8, 4) is 5.75 Å². The minimum Gasteiger partial charge on any atom is -0.497 e. The van der Waals surface area contributed by atoms with E-state index in [0.29, 0.717) is 61.6 Å². The fraction of sp³-hybridized carbons (Fsp3) is 0.474. The summed E-state index contributed by atoms with van der Waals surface area (Å²) in [5.74, 6) is 0.587. The number of hydrogen-bond donors (Lipinski definition) is 2. The number of rotatable bonds is 3. The number of aromatic nitrogens is 2. The maximum atomic E-state index is 14.3. The SMILES string of the molecule is COc1ccc(F)c(C2CCc3c([nH]c(=O)n(C4CCOCC4)c3=O)N2)c1. The third-order valence-corrected chi connectivity index (χ3v) is 5.37. The largest absolute Gasteiger partial charge is 0.497 e. The van der Waals surface area contributed by atoms with Gasteiger partial charge >= 0.3 is 5.69 Å². The highest BCUT2D eigenvalue weighted by Gasteiger charge is 2.28. The van der Waals surface area contributed by atoms with E-state index in [4.69, 9.17) is 9.47 Å². The number of nitrogens with one attached hydrogen (secondary N) is 2. The summed E-state index contributed by atoms with van der Waals surface area (Å²) < 4.78 is 26.1. The number of benzene rings is 1. The molecule has 1 aromatic heterocycles. The number of ether oxygens (including phenoxy) is 2. The van der Waals surface area contributed by atoms with Gasteiger partial charge in [-0.25, -0.2) is 9.18 Å². The van der Waals surface area contributed by atoms with Gasteiger partial charge in [0.1, 0.15) is 17.4 Å². The Kier molecular flexibility index (Phi) is 4.73. The summed E-state index contributed by atoms with van der Waals surface area (Å²) in [7, 11) is 1.52. The average molecular weight is 375 g/mol. The lowest BCUT2D eigenvalue weighted by atomic mass is 9.95. The molecule has 0 bridgehead atoms. The highest BCUT2D eigenvalue weighted by atomic mass is 19.1. The van der Waals surface area contributed by atoms with E-state index < -0.39 is 5.69 Å². The maximum Gasteiger partial charge on any atom is 0.330 e. The summed E-state index contributed by atoms with van der Waals surface area (Å²) in [5.41, 5.74) is 0.290. The van der Waals surface area contributed by atoms with Crippen molar-refractivity contribution in [2.75, 3.05) is 25.6 Å². The standard InChI is InChI=1S/C19H22FN3O4/c1-26-12-2-4-15(20)14(10-12)16-5-3-13-17(21-16)22-19(25)23(18(13)24)11-6-8-27-9-7-11/h2,4,10-11,16,21H,3,5-9H2,1H3,(H,22,25). The number of anilines is 1. The van der Waals surface area contributed by atoms with E-state index in [0.717, 1.165) is 0 Å². The molecule has 0 spiro atoms. The van der Waals surface area contributed by atoms with Crippen molar-refractivity contribution in [1.82, 2.24) is 9.55 Å². The summed E-state index contributed by atoms with van der Waals surface area (Å²) in [4.78, 5) is 28.3. The molecule has 0 saturated carbocycles. The Labute approximate surface area is 155 Å². The first-order chi connectivity index (χ1) is 13.1. The van der Waals surface area contributed by atoms with E-state index in [2.05, 4.69) is 10.3 Å². The fourth-order valence-corrected chi connectivity index (χ4v) is 3.90. The molecule has 27 heavy (non-hydrogen) atoms. The van der Waals surface area contributed by atoms with Crippen LogP contribution in [0.2, 0.25) is 0 Å². The smallest absolute Gasteiger partial charge is 0.330 e. The summed E-state index contributed by atoms with van der Waals surface area (Å²) in [5, 5.41) is 3.13. The van der Waals surface area contributed by atoms with E-state index in [9.17, 15) is 14.0 Å². The lowest BCUT2D eigenvalue weighted by Crippen LogP contribution is -2.43. The Morgan fingerprint density at radius 1 is 1.22 bits per heavy atom. The van der Waals surface area contributed by atoms with Crippen molar-refractivity contribution in [3.05, 3.63) is 56.0 Å². The van der Waals surface area contributed by atoms with Crippen LogP contribution in [0.25, 0.3) is 0 Å². The van der Waals surface area contributed by atoms with Crippen molar-refractivity contribution < 1.29 is 13.9 Å². The van der Waals surface area contributed by atoms with Crippen LogP contribution in [0.3, 0.4) is 0 Å². The molecule has 2 aliphatic heterocycles. The Morgan fingerprint density at radius 3 is 2.74 bits per heavy atom. The zero-order valence-electron chi connectivity index (χ0n) is 15.1. The second-order valence-corrected chi connectivity index (χ2v) is 6.93. The first-order valence-corrected chi connectivity index (χ1v) is 9.14. The lowest BCUT2D eigenvalue weighted by Gasteiger charge is -2.29. The van der Waals surface area contributed by atoms with Crippen LogP contribution < -0.4 is 21.3 Å². The summed E-state index contributed by atoms with van der Waals surface area (Å²) in [6.07, 6.45) is 2.30. The summed E-state index contributed by atoms with van der Waals surface area (Å²) in [6.45, 7) is 1.09. The molecule has 0 aliphatic carbocycles. The van der Waals surface area contributed by atoms with Crippen LogP contribution in [0.5, 0.6) is 5.75 Å². The van der Waals surface area contributed by atoms with Gasteiger partial charge in [0, 0.05) is 24.8 Å². The van der Waals surface area contributed by atoms with Crippen molar-refractivity contribution in [2.45, 2.75) is 37.8 Å². The topological polar surface area (TPSA) is 85.3 Å². The normalized spacial score (nSPS) is 20.0. The van der Waals surface area contributed by atoms with E-state index in [1.54, 1.807) is 12.1 Å². The molecule has 7 nitrogen and oxygen atoms in total. The van der Waals surface area contributed by atoms with Crippen molar-refractivity contribution in [1.29, 1.82) is 0 Å². The number of aromatic amines is 1. The van der Waals surface area contributed by atoms with Gasteiger partial charge in [0.25, 0.3) is 5.56 Å². The average Bonchev–Trinajstić information content (AvgIpc) is 2.69. The zero-order chi connectivity index (χ0) is 19.0. The van der Waals surface area contributed by atoms with Crippen molar-refractivity contribution in [3.63, 3.8) is 0 Å². The lowest BCUT2D eigenvalue weighted by molar-refractivity contribution is 0.0673. The van der Waals surface area contributed by atoms with Crippen LogP contribution in [0.15, 0.2) is 27.8 Å². The van der Waals surface area contributed by atoms with E-state index in [1.165, 1.54) is 17.7 Å².